The quantitative estimate of drug-likeness (QED) is 0.659. The summed E-state index contributed by atoms with van der Waals surface area (Å²) >= 11 is 5.71. The second kappa shape index (κ2) is 7.92. The number of nitrogens with zero attached hydrogens (tertiary/aromatic N) is 4. The first-order chi connectivity index (χ1) is 14.7. The molecule has 0 unspecified atom stereocenters. The molecule has 1 aromatic carbocycles. The Morgan fingerprint density at radius 2 is 1.71 bits per heavy atom. The van der Waals surface area contributed by atoms with Crippen LogP contribution >= 0.6 is 11.6 Å². The number of aliphatic imine (C=N–C) groups is 2. The van der Waals surface area contributed by atoms with Crippen LogP contribution in [0.5, 0.6) is 11.6 Å². The van der Waals surface area contributed by atoms with E-state index in [1.54, 1.807) is 24.3 Å². The molecule has 164 valence electrons. The highest BCUT2D eigenvalue weighted by molar-refractivity contribution is 6.29. The fourth-order valence-electron chi connectivity index (χ4n) is 3.97. The van der Waals surface area contributed by atoms with Gasteiger partial charge in [-0.25, -0.2) is 9.98 Å². The summed E-state index contributed by atoms with van der Waals surface area (Å²) in [5.74, 6) is 0.435. The van der Waals surface area contributed by atoms with Gasteiger partial charge < -0.3 is 16.2 Å². The number of hydrogen-bond acceptors (Lipinski definition) is 7. The van der Waals surface area contributed by atoms with Crippen molar-refractivity contribution in [1.82, 2.24) is 4.98 Å². The molecular weight excluding hydrogens is 433 g/mol. The van der Waals surface area contributed by atoms with Crippen molar-refractivity contribution in [2.24, 2.45) is 21.5 Å². The summed E-state index contributed by atoms with van der Waals surface area (Å²) in [4.78, 5) is 14.4. The van der Waals surface area contributed by atoms with E-state index in [9.17, 15) is 13.2 Å². The number of benzene rings is 1. The SMILES string of the molecule is NC1=NC2(CCCCC2)N(c2ccc(Oc3cc(C(F)(F)F)cc(Cl)n3)cc2)C(N)=N1. The third-order valence-corrected chi connectivity index (χ3v) is 5.46. The Balaban J connectivity index is 1.60. The van der Waals surface area contributed by atoms with Gasteiger partial charge in [0.1, 0.15) is 16.6 Å². The molecule has 11 heteroatoms. The Bertz CT molecular complexity index is 1030. The lowest BCUT2D eigenvalue weighted by Crippen LogP contribution is -2.58. The molecule has 0 saturated heterocycles. The van der Waals surface area contributed by atoms with Gasteiger partial charge in [-0.15, -0.1) is 0 Å². The minimum Gasteiger partial charge on any atom is -0.439 e. The fourth-order valence-corrected chi connectivity index (χ4v) is 4.17. The molecule has 1 aliphatic carbocycles. The largest absolute Gasteiger partial charge is 0.439 e. The van der Waals surface area contributed by atoms with Crippen molar-refractivity contribution in [3.8, 4) is 11.6 Å². The summed E-state index contributed by atoms with van der Waals surface area (Å²) in [7, 11) is 0. The molecule has 0 amide bonds. The second-order valence-electron chi connectivity index (χ2n) is 7.43. The molecule has 1 fully saturated rings. The van der Waals surface area contributed by atoms with Gasteiger partial charge in [0.15, 0.2) is 0 Å². The van der Waals surface area contributed by atoms with Crippen molar-refractivity contribution < 1.29 is 17.9 Å². The molecule has 0 bridgehead atoms. The van der Waals surface area contributed by atoms with Crippen molar-refractivity contribution >= 4 is 29.2 Å². The van der Waals surface area contributed by atoms with Crippen LogP contribution in [0.25, 0.3) is 0 Å². The van der Waals surface area contributed by atoms with E-state index in [1.807, 2.05) is 4.90 Å². The van der Waals surface area contributed by atoms with Crippen LogP contribution in [0.4, 0.5) is 18.9 Å². The van der Waals surface area contributed by atoms with Crippen molar-refractivity contribution in [2.45, 2.75) is 43.9 Å². The number of anilines is 1. The maximum atomic E-state index is 13.0. The highest BCUT2D eigenvalue weighted by Crippen LogP contribution is 2.40. The zero-order valence-electron chi connectivity index (χ0n) is 16.4. The topological polar surface area (TPSA) is 102 Å². The van der Waals surface area contributed by atoms with Crippen molar-refractivity contribution in [2.75, 3.05) is 4.90 Å². The first-order valence-electron chi connectivity index (χ1n) is 9.69. The average molecular weight is 453 g/mol. The summed E-state index contributed by atoms with van der Waals surface area (Å²) in [6.45, 7) is 0. The van der Waals surface area contributed by atoms with Gasteiger partial charge in [0.2, 0.25) is 17.8 Å². The maximum Gasteiger partial charge on any atom is 0.416 e. The number of nitrogens with two attached hydrogens (primary N) is 2. The van der Waals surface area contributed by atoms with Crippen LogP contribution in [0.15, 0.2) is 46.4 Å². The summed E-state index contributed by atoms with van der Waals surface area (Å²) in [6, 6.07) is 8.23. The molecule has 2 aliphatic rings. The minimum atomic E-state index is -4.56. The minimum absolute atomic E-state index is 0.156. The molecule has 4 N–H and O–H groups in total. The van der Waals surface area contributed by atoms with Gasteiger partial charge >= 0.3 is 6.18 Å². The standard InChI is InChI=1S/C20H20ClF3N6O/c21-15-10-12(20(22,23)24)11-16(27-15)31-14-6-4-13(5-7-14)30-18(26)28-17(25)29-19(30)8-2-1-3-9-19/h4-7,10-11H,1-3,8-9H2,(H4,25,26,28,29). The van der Waals surface area contributed by atoms with Gasteiger partial charge in [-0.3, -0.25) is 4.90 Å². The zero-order chi connectivity index (χ0) is 22.2. The van der Waals surface area contributed by atoms with Crippen LogP contribution in [0.2, 0.25) is 5.15 Å². The first kappa shape index (κ1) is 21.2. The van der Waals surface area contributed by atoms with Gasteiger partial charge in [-0.2, -0.15) is 18.2 Å². The van der Waals surface area contributed by atoms with Gasteiger partial charge in [0, 0.05) is 11.8 Å². The Morgan fingerprint density at radius 1 is 1.03 bits per heavy atom. The number of rotatable bonds is 3. The van der Waals surface area contributed by atoms with E-state index in [2.05, 4.69) is 15.0 Å². The molecule has 2 aromatic rings. The number of hydrogen-bond donors (Lipinski definition) is 2. The molecule has 1 saturated carbocycles. The van der Waals surface area contributed by atoms with E-state index in [4.69, 9.17) is 27.8 Å². The van der Waals surface area contributed by atoms with E-state index >= 15 is 0 Å². The van der Waals surface area contributed by atoms with E-state index in [1.165, 1.54) is 0 Å². The van der Waals surface area contributed by atoms with E-state index < -0.39 is 17.4 Å². The summed E-state index contributed by atoms with van der Waals surface area (Å²) in [5.41, 5.74) is 11.3. The Labute approximate surface area is 181 Å². The number of halogens is 4. The first-order valence-corrected chi connectivity index (χ1v) is 10.1. The van der Waals surface area contributed by atoms with Crippen molar-refractivity contribution in [3.63, 3.8) is 0 Å². The number of pyridine rings is 1. The van der Waals surface area contributed by atoms with Crippen molar-refractivity contribution in [3.05, 3.63) is 47.1 Å². The van der Waals surface area contributed by atoms with E-state index in [-0.39, 0.29) is 23.0 Å². The van der Waals surface area contributed by atoms with Crippen LogP contribution in [0, 0.1) is 0 Å². The molecule has 2 heterocycles. The molecule has 7 nitrogen and oxygen atoms in total. The predicted octanol–water partition coefficient (Wildman–Crippen LogP) is 4.66. The molecule has 0 atom stereocenters. The molecule has 31 heavy (non-hydrogen) atoms. The van der Waals surface area contributed by atoms with Gasteiger partial charge in [-0.1, -0.05) is 18.0 Å². The number of guanidine groups is 2. The highest BCUT2D eigenvalue weighted by Gasteiger charge is 2.42. The number of aromatic nitrogens is 1. The highest BCUT2D eigenvalue weighted by atomic mass is 35.5. The lowest BCUT2D eigenvalue weighted by Gasteiger charge is -2.45. The average Bonchev–Trinajstić information content (AvgIpc) is 2.68. The maximum absolute atomic E-state index is 13.0. The Kier molecular flexibility index (Phi) is 5.42. The number of ether oxygens (including phenoxy) is 1. The lowest BCUT2D eigenvalue weighted by atomic mass is 9.87. The van der Waals surface area contributed by atoms with Crippen LogP contribution < -0.4 is 21.1 Å². The van der Waals surface area contributed by atoms with Crippen LogP contribution in [0.3, 0.4) is 0 Å². The van der Waals surface area contributed by atoms with Gasteiger partial charge in [-0.05, 0) is 56.0 Å². The van der Waals surface area contributed by atoms with Crippen molar-refractivity contribution in [1.29, 1.82) is 0 Å². The molecule has 4 rings (SSSR count). The normalized spacial score (nSPS) is 18.5. The van der Waals surface area contributed by atoms with E-state index in [0.717, 1.165) is 49.9 Å². The molecule has 1 spiro atoms. The summed E-state index contributed by atoms with van der Waals surface area (Å²) in [6.07, 6.45) is 0.106. The molecule has 1 aromatic heterocycles. The monoisotopic (exact) mass is 452 g/mol. The second-order valence-corrected chi connectivity index (χ2v) is 7.82. The Morgan fingerprint density at radius 3 is 2.35 bits per heavy atom. The van der Waals surface area contributed by atoms with E-state index in [0.29, 0.717) is 5.75 Å². The van der Waals surface area contributed by atoms with Crippen LogP contribution in [0.1, 0.15) is 37.7 Å². The molecule has 1 aliphatic heterocycles. The van der Waals surface area contributed by atoms with Crippen LogP contribution in [-0.2, 0) is 6.18 Å². The summed E-state index contributed by atoms with van der Waals surface area (Å²) in [5, 5.41) is -0.312. The lowest BCUT2D eigenvalue weighted by molar-refractivity contribution is -0.137. The van der Waals surface area contributed by atoms with Gasteiger partial charge in [0.25, 0.3) is 0 Å². The zero-order valence-corrected chi connectivity index (χ0v) is 17.1. The Hall–Kier alpha value is -3.01. The fraction of sp³-hybridized carbons (Fsp3) is 0.350. The number of alkyl halides is 3. The molecular formula is C20H20ClF3N6O. The smallest absolute Gasteiger partial charge is 0.416 e. The third-order valence-electron chi connectivity index (χ3n) is 5.27. The predicted molar refractivity (Wildman–Crippen MR) is 112 cm³/mol. The summed E-state index contributed by atoms with van der Waals surface area (Å²) < 4.78 is 44.5. The molecule has 0 radical (unpaired) electrons. The third kappa shape index (κ3) is 4.39. The van der Waals surface area contributed by atoms with Crippen LogP contribution in [-0.4, -0.2) is 22.6 Å². The van der Waals surface area contributed by atoms with Gasteiger partial charge in [0.05, 0.1) is 5.56 Å².